The molecule has 94 valence electrons. The molecule has 1 fully saturated rings. The summed E-state index contributed by atoms with van der Waals surface area (Å²) in [5, 5.41) is 0. The van der Waals surface area contributed by atoms with Crippen molar-refractivity contribution < 1.29 is 0 Å². The Bertz CT molecular complexity index is 378. The monoisotopic (exact) mass is 252 g/mol. The largest absolute Gasteiger partial charge is 0.357 e. The molecule has 2 rings (SSSR count). The van der Waals surface area contributed by atoms with E-state index < -0.39 is 0 Å². The number of hydrogen-bond acceptors (Lipinski definition) is 2. The molecule has 0 aromatic carbocycles. The van der Waals surface area contributed by atoms with Gasteiger partial charge in [-0.05, 0) is 49.8 Å². The van der Waals surface area contributed by atoms with Gasteiger partial charge in [-0.15, -0.1) is 11.6 Å². The number of aromatic nitrogens is 1. The van der Waals surface area contributed by atoms with Gasteiger partial charge in [0.05, 0.1) is 0 Å². The van der Waals surface area contributed by atoms with Gasteiger partial charge in [-0.25, -0.2) is 4.98 Å². The van der Waals surface area contributed by atoms with Crippen LogP contribution < -0.4 is 4.90 Å². The van der Waals surface area contributed by atoms with Gasteiger partial charge in [0.15, 0.2) is 0 Å². The van der Waals surface area contributed by atoms with E-state index in [1.165, 1.54) is 24.8 Å². The van der Waals surface area contributed by atoms with Gasteiger partial charge < -0.3 is 4.90 Å². The molecule has 1 aromatic rings. The van der Waals surface area contributed by atoms with Crippen molar-refractivity contribution in [2.24, 2.45) is 5.92 Å². The Morgan fingerprint density at radius 2 is 2.18 bits per heavy atom. The van der Waals surface area contributed by atoms with Crippen LogP contribution in [-0.4, -0.2) is 18.1 Å². The van der Waals surface area contributed by atoms with E-state index >= 15 is 0 Å². The van der Waals surface area contributed by atoms with Crippen molar-refractivity contribution in [3.8, 4) is 0 Å². The summed E-state index contributed by atoms with van der Waals surface area (Å²) in [6, 6.07) is 4.20. The maximum Gasteiger partial charge on any atom is 0.129 e. The molecule has 17 heavy (non-hydrogen) atoms. The van der Waals surface area contributed by atoms with Crippen LogP contribution >= 0.6 is 11.6 Å². The van der Waals surface area contributed by atoms with Crippen LogP contribution in [-0.2, 0) is 5.88 Å². The van der Waals surface area contributed by atoms with E-state index in [0.717, 1.165) is 30.5 Å². The minimum absolute atomic E-state index is 0.570. The van der Waals surface area contributed by atoms with Crippen LogP contribution in [0, 0.1) is 12.8 Å². The second-order valence-corrected chi connectivity index (χ2v) is 5.40. The van der Waals surface area contributed by atoms with Crippen molar-refractivity contribution in [1.29, 1.82) is 0 Å². The molecule has 0 N–H and O–H groups in total. The third-order valence-electron chi connectivity index (χ3n) is 3.49. The van der Waals surface area contributed by atoms with Crippen molar-refractivity contribution in [2.75, 3.05) is 18.0 Å². The molecule has 0 radical (unpaired) electrons. The predicted molar refractivity (Wildman–Crippen MR) is 73.8 cm³/mol. The van der Waals surface area contributed by atoms with Crippen LogP contribution in [0.25, 0.3) is 0 Å². The Morgan fingerprint density at radius 3 is 2.94 bits per heavy atom. The Morgan fingerprint density at radius 1 is 1.35 bits per heavy atom. The number of alkyl halides is 1. The van der Waals surface area contributed by atoms with Crippen molar-refractivity contribution in [3.05, 3.63) is 23.4 Å². The quantitative estimate of drug-likeness (QED) is 0.746. The summed E-state index contributed by atoms with van der Waals surface area (Å²) in [6.07, 6.45) is 3.88. The zero-order valence-electron chi connectivity index (χ0n) is 10.7. The normalized spacial score (nSPS) is 21.4. The lowest BCUT2D eigenvalue weighted by atomic mass is 10.0. The Labute approximate surface area is 109 Å². The molecule has 0 amide bonds. The number of anilines is 1. The maximum absolute atomic E-state index is 5.92. The topological polar surface area (TPSA) is 16.1 Å². The molecule has 1 atom stereocenters. The smallest absolute Gasteiger partial charge is 0.129 e. The molecule has 0 bridgehead atoms. The van der Waals surface area contributed by atoms with Gasteiger partial charge in [0.2, 0.25) is 0 Å². The van der Waals surface area contributed by atoms with Crippen LogP contribution in [0.5, 0.6) is 0 Å². The summed E-state index contributed by atoms with van der Waals surface area (Å²) in [7, 11) is 0. The first-order valence-electron chi connectivity index (χ1n) is 6.47. The van der Waals surface area contributed by atoms with Crippen molar-refractivity contribution in [2.45, 2.75) is 39.0 Å². The Hall–Kier alpha value is -0.760. The predicted octanol–water partition coefficient (Wildman–Crippen LogP) is 3.76. The van der Waals surface area contributed by atoms with Crippen molar-refractivity contribution >= 4 is 17.4 Å². The first-order chi connectivity index (χ1) is 8.19. The van der Waals surface area contributed by atoms with Crippen molar-refractivity contribution in [3.63, 3.8) is 0 Å². The van der Waals surface area contributed by atoms with Crippen LogP contribution in [0.1, 0.15) is 37.4 Å². The van der Waals surface area contributed by atoms with Gasteiger partial charge >= 0.3 is 0 Å². The number of pyridine rings is 1. The molecular weight excluding hydrogens is 232 g/mol. The zero-order chi connectivity index (χ0) is 12.3. The second kappa shape index (κ2) is 5.72. The van der Waals surface area contributed by atoms with E-state index in [0.29, 0.717) is 5.88 Å². The average molecular weight is 253 g/mol. The minimum Gasteiger partial charge on any atom is -0.357 e. The van der Waals surface area contributed by atoms with Gasteiger partial charge in [0.1, 0.15) is 5.82 Å². The van der Waals surface area contributed by atoms with E-state index in [9.17, 15) is 0 Å². The third kappa shape index (κ3) is 3.35. The van der Waals surface area contributed by atoms with Gasteiger partial charge in [-0.3, -0.25) is 0 Å². The van der Waals surface area contributed by atoms with Crippen LogP contribution in [0.2, 0.25) is 0 Å². The van der Waals surface area contributed by atoms with Crippen LogP contribution in [0.15, 0.2) is 12.1 Å². The highest BCUT2D eigenvalue weighted by atomic mass is 35.5. The fraction of sp³-hybridized carbons (Fsp3) is 0.643. The highest BCUT2D eigenvalue weighted by Crippen LogP contribution is 2.22. The number of nitrogens with zero attached hydrogens (tertiary/aromatic N) is 2. The van der Waals surface area contributed by atoms with Gasteiger partial charge in [-0.2, -0.15) is 0 Å². The summed E-state index contributed by atoms with van der Waals surface area (Å²) >= 11 is 5.92. The number of rotatable bonds is 2. The molecule has 1 aliphatic rings. The average Bonchev–Trinajstić information content (AvgIpc) is 2.53. The van der Waals surface area contributed by atoms with E-state index in [2.05, 4.69) is 28.9 Å². The fourth-order valence-electron chi connectivity index (χ4n) is 2.45. The van der Waals surface area contributed by atoms with Gasteiger partial charge in [0.25, 0.3) is 0 Å². The summed E-state index contributed by atoms with van der Waals surface area (Å²) in [6.45, 7) is 6.64. The first-order valence-corrected chi connectivity index (χ1v) is 7.01. The van der Waals surface area contributed by atoms with Crippen LogP contribution in [0.3, 0.4) is 0 Å². The van der Waals surface area contributed by atoms with E-state index in [1.807, 2.05) is 6.92 Å². The highest BCUT2D eigenvalue weighted by molar-refractivity contribution is 6.17. The lowest BCUT2D eigenvalue weighted by Crippen LogP contribution is -2.25. The third-order valence-corrected chi connectivity index (χ3v) is 3.80. The molecule has 2 nitrogen and oxygen atoms in total. The maximum atomic E-state index is 5.92. The van der Waals surface area contributed by atoms with Crippen molar-refractivity contribution in [1.82, 2.24) is 4.98 Å². The number of aryl methyl sites for hydroxylation is 1. The zero-order valence-corrected chi connectivity index (χ0v) is 11.5. The minimum atomic E-state index is 0.570. The van der Waals surface area contributed by atoms with Gasteiger partial charge in [0, 0.05) is 24.7 Å². The van der Waals surface area contributed by atoms with E-state index in [1.54, 1.807) is 0 Å². The highest BCUT2D eigenvalue weighted by Gasteiger charge is 2.15. The molecule has 0 saturated carbocycles. The Balaban J connectivity index is 2.17. The van der Waals surface area contributed by atoms with Gasteiger partial charge in [-0.1, -0.05) is 6.92 Å². The standard InChI is InChI=1S/C14H21ClN2/c1-11-4-3-6-17(7-5-11)14-9-13(10-15)8-12(2)16-14/h8-9,11H,3-7,10H2,1-2H3. The van der Waals surface area contributed by atoms with E-state index in [4.69, 9.17) is 11.6 Å². The molecule has 1 aromatic heterocycles. The SMILES string of the molecule is Cc1cc(CCl)cc(N2CCCC(C)CC2)n1. The summed E-state index contributed by atoms with van der Waals surface area (Å²) in [4.78, 5) is 7.05. The molecule has 1 unspecified atom stereocenters. The molecule has 1 aliphatic heterocycles. The molecule has 2 heterocycles. The van der Waals surface area contributed by atoms with Crippen LogP contribution in [0.4, 0.5) is 5.82 Å². The van der Waals surface area contributed by atoms with E-state index in [-0.39, 0.29) is 0 Å². The lowest BCUT2D eigenvalue weighted by Gasteiger charge is -2.22. The molecule has 1 saturated heterocycles. The summed E-state index contributed by atoms with van der Waals surface area (Å²) in [5.41, 5.74) is 2.24. The molecule has 0 aliphatic carbocycles. The summed E-state index contributed by atoms with van der Waals surface area (Å²) < 4.78 is 0. The molecule has 0 spiro atoms. The number of halogens is 1. The first kappa shape index (κ1) is 12.7. The number of hydrogen-bond donors (Lipinski definition) is 0. The second-order valence-electron chi connectivity index (χ2n) is 5.13. The molecular formula is C14H21ClN2. The summed E-state index contributed by atoms with van der Waals surface area (Å²) in [5.74, 6) is 2.52. The Kier molecular flexibility index (Phi) is 4.27. The molecule has 3 heteroatoms. The lowest BCUT2D eigenvalue weighted by molar-refractivity contribution is 0.521. The fourth-order valence-corrected chi connectivity index (χ4v) is 2.61.